The first kappa shape index (κ1) is 23.9. The van der Waals surface area contributed by atoms with E-state index in [0.717, 1.165) is 10.9 Å². The lowest BCUT2D eigenvalue weighted by Crippen LogP contribution is -2.33. The van der Waals surface area contributed by atoms with Gasteiger partial charge in [-0.3, -0.25) is 0 Å². The van der Waals surface area contributed by atoms with Crippen LogP contribution in [-0.4, -0.2) is 35.7 Å². The highest BCUT2D eigenvalue weighted by atomic mass is 32.1. The lowest BCUT2D eigenvalue weighted by atomic mass is 10.00. The van der Waals surface area contributed by atoms with E-state index in [1.54, 1.807) is 13.1 Å². The molecule has 0 saturated heterocycles. The van der Waals surface area contributed by atoms with Gasteiger partial charge in [-0.1, -0.05) is 37.8 Å². The van der Waals surface area contributed by atoms with E-state index in [4.69, 9.17) is 0 Å². The summed E-state index contributed by atoms with van der Waals surface area (Å²) in [5, 5.41) is 14.6. The number of ether oxygens (including phenoxy) is 1. The van der Waals surface area contributed by atoms with Crippen molar-refractivity contribution in [3.05, 3.63) is 66.4 Å². The molecule has 4 nitrogen and oxygen atoms in total. The third-order valence-electron chi connectivity index (χ3n) is 4.14. The molecule has 0 aliphatic heterocycles. The quantitative estimate of drug-likeness (QED) is 0.626. The summed E-state index contributed by atoms with van der Waals surface area (Å²) < 4.78 is 43.5. The van der Waals surface area contributed by atoms with E-state index in [1.165, 1.54) is 18.2 Å². The van der Waals surface area contributed by atoms with Gasteiger partial charge in [0.15, 0.2) is 0 Å². The number of nitrogens with one attached hydrogen (secondary N) is 1. The van der Waals surface area contributed by atoms with Gasteiger partial charge < -0.3 is 19.7 Å². The number of benzene rings is 2. The van der Waals surface area contributed by atoms with Crippen LogP contribution in [0.4, 0.5) is 13.2 Å². The van der Waals surface area contributed by atoms with Gasteiger partial charge in [0.25, 0.3) is 0 Å². The zero-order chi connectivity index (χ0) is 18.7. The number of likely N-dealkylation sites (N-methyl/N-ethyl adjacent to an activating group) is 1. The van der Waals surface area contributed by atoms with Crippen LogP contribution in [0.3, 0.4) is 0 Å². The van der Waals surface area contributed by atoms with Gasteiger partial charge in [0.1, 0.15) is 5.75 Å². The molecule has 0 radical (unpaired) electrons. The Hall–Kier alpha value is -2.16. The van der Waals surface area contributed by atoms with Crippen LogP contribution in [0.1, 0.15) is 19.0 Å². The van der Waals surface area contributed by atoms with Gasteiger partial charge in [0.2, 0.25) is 0 Å². The largest absolute Gasteiger partial charge is 0.573 e. The van der Waals surface area contributed by atoms with E-state index in [2.05, 4.69) is 10.1 Å². The molecule has 0 unspecified atom stereocenters. The van der Waals surface area contributed by atoms with Gasteiger partial charge in [0.05, 0.1) is 12.1 Å². The van der Waals surface area contributed by atoms with Crippen molar-refractivity contribution in [3.8, 4) is 5.75 Å². The number of hydrogen-bond acceptors (Lipinski definition) is 3. The number of fused-ring (bicyclic) bond motifs is 1. The summed E-state index contributed by atoms with van der Waals surface area (Å²) in [5.74, 6) is -0.312. The number of alkyl halides is 3. The van der Waals surface area contributed by atoms with Crippen LogP contribution in [0.2, 0.25) is 0 Å². The normalized spacial score (nSPS) is 13.3. The SMILES string of the molecule is C.CNC[C@@H](O)[C@H](c1cccc(OC(F)(F)F)c1)n1ccc2ccccc21.S. The zero-order valence-electron chi connectivity index (χ0n) is 14.6. The fourth-order valence-corrected chi connectivity index (χ4v) is 3.13. The first-order valence-electron chi connectivity index (χ1n) is 8.13. The van der Waals surface area contributed by atoms with Crippen molar-refractivity contribution in [2.45, 2.75) is 25.9 Å². The molecule has 0 aliphatic carbocycles. The molecule has 1 heterocycles. The summed E-state index contributed by atoms with van der Waals surface area (Å²) in [7, 11) is 1.71. The van der Waals surface area contributed by atoms with Crippen molar-refractivity contribution in [3.63, 3.8) is 0 Å². The van der Waals surface area contributed by atoms with Crippen molar-refractivity contribution in [1.82, 2.24) is 9.88 Å². The first-order valence-corrected chi connectivity index (χ1v) is 8.13. The van der Waals surface area contributed by atoms with Crippen LogP contribution >= 0.6 is 13.5 Å². The molecule has 0 fully saturated rings. The van der Waals surface area contributed by atoms with Crippen molar-refractivity contribution >= 4 is 24.4 Å². The van der Waals surface area contributed by atoms with E-state index in [9.17, 15) is 18.3 Å². The van der Waals surface area contributed by atoms with E-state index >= 15 is 0 Å². The Morgan fingerprint density at radius 1 is 1.11 bits per heavy atom. The second-order valence-electron chi connectivity index (χ2n) is 5.97. The molecule has 2 aromatic carbocycles. The highest BCUT2D eigenvalue weighted by Gasteiger charge is 2.32. The molecule has 0 aliphatic rings. The molecule has 3 rings (SSSR count). The van der Waals surface area contributed by atoms with Crippen molar-refractivity contribution in [2.24, 2.45) is 0 Å². The molecular formula is C20H25F3N2O2S. The third kappa shape index (κ3) is 5.43. The van der Waals surface area contributed by atoms with E-state index < -0.39 is 18.5 Å². The number of nitrogens with zero attached hydrogens (tertiary/aromatic N) is 1. The predicted octanol–water partition coefficient (Wildman–Crippen LogP) is 4.46. The molecule has 0 spiro atoms. The molecular weight excluding hydrogens is 389 g/mol. The highest BCUT2D eigenvalue weighted by Crippen LogP contribution is 2.31. The Kier molecular flexibility index (Phi) is 8.41. The molecule has 1 aromatic heterocycles. The van der Waals surface area contributed by atoms with Crippen molar-refractivity contribution in [2.75, 3.05) is 13.6 Å². The smallest absolute Gasteiger partial charge is 0.406 e. The van der Waals surface area contributed by atoms with Gasteiger partial charge in [-0.2, -0.15) is 13.5 Å². The number of rotatable bonds is 6. The first-order chi connectivity index (χ1) is 12.4. The topological polar surface area (TPSA) is 46.4 Å². The molecule has 0 amide bonds. The third-order valence-corrected chi connectivity index (χ3v) is 4.14. The van der Waals surface area contributed by atoms with Crippen LogP contribution < -0.4 is 10.1 Å². The summed E-state index contributed by atoms with van der Waals surface area (Å²) in [6, 6.07) is 14.7. The molecule has 3 aromatic rings. The molecule has 8 heteroatoms. The van der Waals surface area contributed by atoms with Crippen LogP contribution in [0.25, 0.3) is 10.9 Å². The fourth-order valence-electron chi connectivity index (χ4n) is 3.13. The summed E-state index contributed by atoms with van der Waals surface area (Å²) >= 11 is 0. The maximum atomic E-state index is 12.5. The van der Waals surface area contributed by atoms with Crippen molar-refractivity contribution < 1.29 is 23.0 Å². The number of hydrogen-bond donors (Lipinski definition) is 2. The minimum Gasteiger partial charge on any atom is -0.406 e. The molecule has 2 N–H and O–H groups in total. The van der Waals surface area contributed by atoms with Crippen LogP contribution in [0.5, 0.6) is 5.75 Å². The van der Waals surface area contributed by atoms with Crippen LogP contribution in [0, 0.1) is 0 Å². The highest BCUT2D eigenvalue weighted by molar-refractivity contribution is 7.59. The van der Waals surface area contributed by atoms with Gasteiger partial charge in [-0.05, 0) is 42.3 Å². The minimum atomic E-state index is -4.77. The molecule has 0 saturated carbocycles. The second kappa shape index (κ2) is 9.86. The van der Waals surface area contributed by atoms with Crippen LogP contribution in [-0.2, 0) is 0 Å². The summed E-state index contributed by atoms with van der Waals surface area (Å²) in [5.41, 5.74) is 1.41. The standard InChI is InChI=1S/C19H19F3N2O2.CH4.H2S/c1-23-12-17(25)18(24-10-9-13-5-2-3-8-16(13)24)14-6-4-7-15(11-14)26-19(20,21)22;;/h2-11,17-18,23,25H,12H2,1H3;1H4;1H2/t17-,18+;;/m1../s1. The number of aliphatic hydroxyl groups is 1. The lowest BCUT2D eigenvalue weighted by Gasteiger charge is -2.26. The lowest BCUT2D eigenvalue weighted by molar-refractivity contribution is -0.274. The summed E-state index contributed by atoms with van der Waals surface area (Å²) in [4.78, 5) is 0. The van der Waals surface area contributed by atoms with Gasteiger partial charge in [0, 0.05) is 18.3 Å². The van der Waals surface area contributed by atoms with Gasteiger partial charge >= 0.3 is 6.36 Å². The fraction of sp³-hybridized carbons (Fsp3) is 0.300. The maximum Gasteiger partial charge on any atom is 0.573 e. The number of para-hydroxylation sites is 1. The Bertz CT molecular complexity index is 883. The van der Waals surface area contributed by atoms with Crippen LogP contribution in [0.15, 0.2) is 60.8 Å². The number of aliphatic hydroxyl groups excluding tert-OH is 1. The molecule has 2 atom stereocenters. The van der Waals surface area contributed by atoms with E-state index in [-0.39, 0.29) is 33.2 Å². The average Bonchev–Trinajstić information content (AvgIpc) is 2.98. The maximum absolute atomic E-state index is 12.5. The van der Waals surface area contributed by atoms with E-state index in [1.807, 2.05) is 41.1 Å². The van der Waals surface area contributed by atoms with E-state index in [0.29, 0.717) is 5.56 Å². The predicted molar refractivity (Wildman–Crippen MR) is 110 cm³/mol. The zero-order valence-corrected chi connectivity index (χ0v) is 15.6. The van der Waals surface area contributed by atoms with Crippen molar-refractivity contribution in [1.29, 1.82) is 0 Å². The molecule has 0 bridgehead atoms. The average molecular weight is 414 g/mol. The molecule has 28 heavy (non-hydrogen) atoms. The summed E-state index contributed by atoms with van der Waals surface area (Å²) in [6.07, 6.45) is -3.79. The Morgan fingerprint density at radius 2 is 1.82 bits per heavy atom. The Morgan fingerprint density at radius 3 is 2.50 bits per heavy atom. The monoisotopic (exact) mass is 414 g/mol. The van der Waals surface area contributed by atoms with Gasteiger partial charge in [-0.15, -0.1) is 13.2 Å². The number of halogens is 3. The second-order valence-corrected chi connectivity index (χ2v) is 5.97. The Labute approximate surface area is 169 Å². The molecule has 154 valence electrons. The minimum absolute atomic E-state index is 0. The Balaban J connectivity index is 0.00000196. The van der Waals surface area contributed by atoms with Gasteiger partial charge in [-0.25, -0.2) is 0 Å². The summed E-state index contributed by atoms with van der Waals surface area (Å²) in [6.45, 7) is 0.279. The number of aromatic nitrogens is 1.